The molecule has 9 heteroatoms. The molecule has 0 unspecified atom stereocenters. The Bertz CT molecular complexity index is 1080. The molecule has 158 valence electrons. The Morgan fingerprint density at radius 1 is 1.13 bits per heavy atom. The van der Waals surface area contributed by atoms with E-state index in [0.29, 0.717) is 46.0 Å². The highest BCUT2D eigenvalue weighted by Crippen LogP contribution is 2.45. The molecular weight excluding hydrogens is 421 g/mol. The van der Waals surface area contributed by atoms with Crippen molar-refractivity contribution in [2.45, 2.75) is 44.2 Å². The van der Waals surface area contributed by atoms with Crippen molar-refractivity contribution in [2.75, 3.05) is 0 Å². The maximum Gasteiger partial charge on any atom is 0.442 e. The summed E-state index contributed by atoms with van der Waals surface area (Å²) >= 11 is 6.06. The molecule has 2 aliphatic rings. The molecule has 0 saturated heterocycles. The minimum absolute atomic E-state index is 0.0664. The van der Waals surface area contributed by atoms with E-state index in [0.717, 1.165) is 5.57 Å². The molecule has 1 aromatic carbocycles. The topological polar surface area (TPSA) is 78.9 Å². The number of aliphatic imine (C=N–C) groups is 1. The van der Waals surface area contributed by atoms with Gasteiger partial charge < -0.3 is 14.7 Å². The lowest BCUT2D eigenvalue weighted by atomic mass is 9.90. The Balaban J connectivity index is 1.92. The van der Waals surface area contributed by atoms with Crippen molar-refractivity contribution in [1.29, 1.82) is 0 Å². The van der Waals surface area contributed by atoms with Gasteiger partial charge in [0.05, 0.1) is 17.0 Å². The van der Waals surface area contributed by atoms with Crippen LogP contribution in [0.4, 0.5) is 13.2 Å². The highest BCUT2D eigenvalue weighted by Gasteiger charge is 2.54. The van der Waals surface area contributed by atoms with Gasteiger partial charge in [0.25, 0.3) is 5.79 Å². The summed E-state index contributed by atoms with van der Waals surface area (Å²) in [5.74, 6) is -3.87. The van der Waals surface area contributed by atoms with E-state index in [9.17, 15) is 23.4 Å². The average Bonchev–Trinajstić information content (AvgIpc) is 3.00. The second-order valence-corrected chi connectivity index (χ2v) is 7.86. The molecule has 0 bridgehead atoms. The van der Waals surface area contributed by atoms with Gasteiger partial charge in [-0.1, -0.05) is 47.1 Å². The van der Waals surface area contributed by atoms with Crippen LogP contribution in [0.5, 0.6) is 0 Å². The quantitative estimate of drug-likeness (QED) is 0.663. The maximum absolute atomic E-state index is 13.2. The normalized spacial score (nSPS) is 19.3. The molecule has 1 aliphatic carbocycles. The summed E-state index contributed by atoms with van der Waals surface area (Å²) in [6.07, 6.45) is -1.73. The van der Waals surface area contributed by atoms with E-state index in [-0.39, 0.29) is 5.76 Å². The minimum atomic E-state index is -5.25. The number of hydrogen-bond donors (Lipinski definition) is 2. The number of aromatic nitrogens is 1. The zero-order valence-electron chi connectivity index (χ0n) is 15.9. The number of aryl methyl sites for hydroxylation is 1. The maximum atomic E-state index is 13.2. The fourth-order valence-electron chi connectivity index (χ4n) is 3.72. The summed E-state index contributed by atoms with van der Waals surface area (Å²) in [6.45, 7) is 1.68. The molecule has 2 aromatic rings. The van der Waals surface area contributed by atoms with Crippen LogP contribution in [0, 0.1) is 6.92 Å². The summed E-state index contributed by atoms with van der Waals surface area (Å²) < 4.78 is 44.9. The smallest absolute Gasteiger partial charge is 0.359 e. The number of benzene rings is 1. The summed E-state index contributed by atoms with van der Waals surface area (Å²) in [6, 6.07) is 5.95. The summed E-state index contributed by atoms with van der Waals surface area (Å²) in [4.78, 5) is 4.54. The first kappa shape index (κ1) is 20.8. The third-order valence-electron chi connectivity index (χ3n) is 5.26. The second kappa shape index (κ2) is 7.37. The number of nitrogens with zero attached hydrogens (tertiary/aromatic N) is 2. The number of hydrogen-bond acceptors (Lipinski definition) is 5. The van der Waals surface area contributed by atoms with Crippen molar-refractivity contribution in [3.63, 3.8) is 0 Å². The fourth-order valence-corrected chi connectivity index (χ4v) is 3.88. The fraction of sp³-hybridized carbons (Fsp3) is 0.333. The van der Waals surface area contributed by atoms with Gasteiger partial charge in [-0.2, -0.15) is 13.2 Å². The van der Waals surface area contributed by atoms with E-state index in [1.165, 1.54) is 0 Å². The molecule has 5 nitrogen and oxygen atoms in total. The molecule has 4 rings (SSSR count). The van der Waals surface area contributed by atoms with E-state index >= 15 is 0 Å². The van der Waals surface area contributed by atoms with Gasteiger partial charge in [0.15, 0.2) is 5.76 Å². The van der Waals surface area contributed by atoms with E-state index in [1.54, 1.807) is 25.1 Å². The highest BCUT2D eigenvalue weighted by molar-refractivity contribution is 6.30. The molecular formula is C21H18ClF3N2O3. The molecule has 2 N–H and O–H groups in total. The molecule has 1 aromatic heterocycles. The predicted molar refractivity (Wildman–Crippen MR) is 105 cm³/mol. The minimum Gasteiger partial charge on any atom is -0.359 e. The van der Waals surface area contributed by atoms with Crippen LogP contribution < -0.4 is 0 Å². The molecule has 2 heterocycles. The third-order valence-corrected chi connectivity index (χ3v) is 5.58. The lowest BCUT2D eigenvalue weighted by molar-refractivity contribution is -0.352. The molecule has 0 fully saturated rings. The summed E-state index contributed by atoms with van der Waals surface area (Å²) in [5, 5.41) is 24.0. The molecule has 1 atom stereocenters. The molecule has 0 radical (unpaired) electrons. The van der Waals surface area contributed by atoms with Crippen molar-refractivity contribution >= 4 is 17.3 Å². The van der Waals surface area contributed by atoms with E-state index in [4.69, 9.17) is 16.1 Å². The lowest BCUT2D eigenvalue weighted by Crippen LogP contribution is -2.46. The largest absolute Gasteiger partial charge is 0.442 e. The van der Waals surface area contributed by atoms with Crippen LogP contribution in [-0.4, -0.2) is 33.0 Å². The first-order valence-electron chi connectivity index (χ1n) is 9.29. The van der Waals surface area contributed by atoms with Gasteiger partial charge in [-0.25, -0.2) is 0 Å². The van der Waals surface area contributed by atoms with Crippen LogP contribution >= 0.6 is 11.6 Å². The SMILES string of the molecule is Cc1noc2c1-c1ccccc1C(C1=CC=C(Cl)CC1)=N[C@H]2CC(O)(O)C(F)(F)F. The second-order valence-electron chi connectivity index (χ2n) is 7.37. The Labute approximate surface area is 175 Å². The van der Waals surface area contributed by atoms with Crippen LogP contribution in [0.1, 0.15) is 42.3 Å². The van der Waals surface area contributed by atoms with Crippen molar-refractivity contribution in [2.24, 2.45) is 4.99 Å². The van der Waals surface area contributed by atoms with Crippen LogP contribution in [0.25, 0.3) is 11.1 Å². The van der Waals surface area contributed by atoms with Crippen LogP contribution in [0.2, 0.25) is 0 Å². The Kier molecular flexibility index (Phi) is 5.12. The molecule has 0 amide bonds. The summed E-state index contributed by atoms with van der Waals surface area (Å²) in [5.41, 5.74) is 3.67. The number of aliphatic hydroxyl groups is 2. The average molecular weight is 439 g/mol. The first-order chi connectivity index (χ1) is 14.1. The van der Waals surface area contributed by atoms with Gasteiger partial charge in [0.2, 0.25) is 0 Å². The highest BCUT2D eigenvalue weighted by atomic mass is 35.5. The van der Waals surface area contributed by atoms with Crippen LogP contribution in [-0.2, 0) is 0 Å². The summed E-state index contributed by atoms with van der Waals surface area (Å²) in [7, 11) is 0. The van der Waals surface area contributed by atoms with E-state index in [1.807, 2.05) is 18.2 Å². The number of halogens is 4. The number of rotatable bonds is 3. The van der Waals surface area contributed by atoms with Gasteiger partial charge in [-0.05, 0) is 37.0 Å². The Morgan fingerprint density at radius 3 is 2.47 bits per heavy atom. The molecule has 0 spiro atoms. The van der Waals surface area contributed by atoms with Gasteiger partial charge in [0.1, 0.15) is 6.04 Å². The predicted octanol–water partition coefficient (Wildman–Crippen LogP) is 4.97. The first-order valence-corrected chi connectivity index (χ1v) is 9.67. The zero-order valence-corrected chi connectivity index (χ0v) is 16.6. The molecule has 1 aliphatic heterocycles. The van der Waals surface area contributed by atoms with E-state index < -0.39 is 24.4 Å². The molecule has 0 saturated carbocycles. The monoisotopic (exact) mass is 438 g/mol. The van der Waals surface area contributed by atoms with Crippen molar-refractivity contribution in [3.05, 3.63) is 64.0 Å². The van der Waals surface area contributed by atoms with Gasteiger partial charge >= 0.3 is 6.18 Å². The van der Waals surface area contributed by atoms with Crippen molar-refractivity contribution in [1.82, 2.24) is 5.16 Å². The van der Waals surface area contributed by atoms with E-state index in [2.05, 4.69) is 10.1 Å². The van der Waals surface area contributed by atoms with Crippen molar-refractivity contribution in [3.8, 4) is 11.1 Å². The standard InChI is InChI=1S/C21H18ClF3N2O3/c1-11-17-14-4-2-3-5-15(14)18(12-6-8-13(22)9-7-12)26-16(19(17)30-27-11)10-20(28,29)21(23,24)25/h2-6,8,16,28-29H,7,9-10H2,1H3/t16-/m0/s1. The number of allylic oxidation sites excluding steroid dienone is 4. The third kappa shape index (κ3) is 3.59. The van der Waals surface area contributed by atoms with Gasteiger partial charge in [-0.15, -0.1) is 0 Å². The van der Waals surface area contributed by atoms with Crippen LogP contribution in [0.15, 0.2) is 56.5 Å². The molecule has 30 heavy (non-hydrogen) atoms. The Morgan fingerprint density at radius 2 is 1.83 bits per heavy atom. The van der Waals surface area contributed by atoms with Gasteiger partial charge in [0, 0.05) is 17.0 Å². The van der Waals surface area contributed by atoms with Crippen LogP contribution in [0.3, 0.4) is 0 Å². The zero-order chi connectivity index (χ0) is 21.7. The van der Waals surface area contributed by atoms with Crippen molar-refractivity contribution < 1.29 is 27.9 Å². The number of fused-ring (bicyclic) bond motifs is 3. The van der Waals surface area contributed by atoms with Gasteiger partial charge in [-0.3, -0.25) is 4.99 Å². The number of alkyl halides is 3. The lowest BCUT2D eigenvalue weighted by Gasteiger charge is -2.26. The Hall–Kier alpha value is -2.42.